The van der Waals surface area contributed by atoms with Crippen LogP contribution in [0.3, 0.4) is 0 Å². The first kappa shape index (κ1) is 23.5. The van der Waals surface area contributed by atoms with Crippen LogP contribution < -0.4 is 10.6 Å². The Morgan fingerprint density at radius 3 is 2.67 bits per heavy atom. The molecule has 0 saturated heterocycles. The summed E-state index contributed by atoms with van der Waals surface area (Å²) >= 11 is 1.78. The molecule has 140 valence electrons. The molecule has 0 aliphatic carbocycles. The SMILES string of the molecule is CSCCNC(=NCC(C)(O)CN(C)C)NCCc1ccco1.I. The highest BCUT2D eigenvalue weighted by Gasteiger charge is 2.21. The van der Waals surface area contributed by atoms with E-state index in [0.29, 0.717) is 13.1 Å². The second-order valence-corrected chi connectivity index (χ2v) is 7.06. The summed E-state index contributed by atoms with van der Waals surface area (Å²) in [5, 5.41) is 16.9. The normalized spacial score (nSPS) is 14.2. The Balaban J connectivity index is 0.00000529. The highest BCUT2D eigenvalue weighted by atomic mass is 127. The van der Waals surface area contributed by atoms with Crippen LogP contribution in [0.2, 0.25) is 0 Å². The molecule has 1 unspecified atom stereocenters. The average molecular weight is 470 g/mol. The third kappa shape index (κ3) is 11.2. The number of aliphatic hydroxyl groups is 1. The van der Waals surface area contributed by atoms with E-state index < -0.39 is 5.60 Å². The number of rotatable bonds is 10. The van der Waals surface area contributed by atoms with Gasteiger partial charge in [-0.05, 0) is 39.4 Å². The van der Waals surface area contributed by atoms with Crippen LogP contribution in [-0.2, 0) is 6.42 Å². The number of nitrogens with zero attached hydrogens (tertiary/aromatic N) is 2. The largest absolute Gasteiger partial charge is 0.469 e. The predicted molar refractivity (Wildman–Crippen MR) is 114 cm³/mol. The van der Waals surface area contributed by atoms with Gasteiger partial charge >= 0.3 is 0 Å². The first-order chi connectivity index (χ1) is 10.9. The topological polar surface area (TPSA) is 73.0 Å². The van der Waals surface area contributed by atoms with E-state index in [2.05, 4.69) is 21.9 Å². The summed E-state index contributed by atoms with van der Waals surface area (Å²) in [6, 6.07) is 3.85. The van der Waals surface area contributed by atoms with Crippen molar-refractivity contribution in [2.45, 2.75) is 18.9 Å². The Morgan fingerprint density at radius 2 is 2.08 bits per heavy atom. The number of furan rings is 1. The number of nitrogens with one attached hydrogen (secondary N) is 2. The molecule has 1 aromatic heterocycles. The molecule has 6 nitrogen and oxygen atoms in total. The van der Waals surface area contributed by atoms with Crippen molar-refractivity contribution in [2.24, 2.45) is 4.99 Å². The van der Waals surface area contributed by atoms with Crippen molar-refractivity contribution >= 4 is 41.7 Å². The van der Waals surface area contributed by atoms with Gasteiger partial charge < -0.3 is 25.1 Å². The monoisotopic (exact) mass is 470 g/mol. The molecule has 1 rings (SSSR count). The van der Waals surface area contributed by atoms with Crippen molar-refractivity contribution in [1.82, 2.24) is 15.5 Å². The fourth-order valence-electron chi connectivity index (χ4n) is 2.19. The van der Waals surface area contributed by atoms with Crippen LogP contribution in [0.15, 0.2) is 27.8 Å². The Labute approximate surface area is 166 Å². The molecule has 3 N–H and O–H groups in total. The van der Waals surface area contributed by atoms with Crippen LogP contribution in [0.4, 0.5) is 0 Å². The molecule has 1 heterocycles. The average Bonchev–Trinajstić information content (AvgIpc) is 2.96. The molecule has 8 heteroatoms. The number of guanidine groups is 1. The predicted octanol–water partition coefficient (Wildman–Crippen LogP) is 1.65. The van der Waals surface area contributed by atoms with Crippen molar-refractivity contribution in [3.63, 3.8) is 0 Å². The summed E-state index contributed by atoms with van der Waals surface area (Å²) in [5.41, 5.74) is -0.849. The molecule has 0 saturated carbocycles. The fraction of sp³-hybridized carbons (Fsp3) is 0.688. The van der Waals surface area contributed by atoms with Crippen LogP contribution in [0.25, 0.3) is 0 Å². The number of likely N-dealkylation sites (N-methyl/N-ethyl adjacent to an activating group) is 1. The zero-order chi connectivity index (χ0) is 17.1. The van der Waals surface area contributed by atoms with Gasteiger partial charge in [0.1, 0.15) is 5.76 Å². The van der Waals surface area contributed by atoms with Crippen LogP contribution in [-0.4, -0.2) is 73.9 Å². The van der Waals surface area contributed by atoms with Crippen LogP contribution in [0.1, 0.15) is 12.7 Å². The summed E-state index contributed by atoms with van der Waals surface area (Å²) in [6.45, 7) is 4.29. The standard InChI is InChI=1S/C16H30N4O2S.HI/c1-16(21,13-20(2)3)12-19-15(18-9-11-23-4)17-8-7-14-6-5-10-22-14;/h5-6,10,21H,7-9,11-13H2,1-4H3,(H2,17,18,19);1H. The van der Waals surface area contributed by atoms with Crippen LogP contribution >= 0.6 is 35.7 Å². The summed E-state index contributed by atoms with van der Waals surface area (Å²) < 4.78 is 5.32. The van der Waals surface area contributed by atoms with E-state index in [4.69, 9.17) is 4.42 Å². The van der Waals surface area contributed by atoms with Crippen molar-refractivity contribution in [2.75, 3.05) is 52.3 Å². The molecule has 0 bridgehead atoms. The van der Waals surface area contributed by atoms with Gasteiger partial charge in [0.05, 0.1) is 18.4 Å². The van der Waals surface area contributed by atoms with E-state index in [1.54, 1.807) is 24.9 Å². The minimum absolute atomic E-state index is 0. The minimum Gasteiger partial charge on any atom is -0.469 e. The summed E-state index contributed by atoms with van der Waals surface area (Å²) in [6.07, 6.45) is 4.55. The second-order valence-electron chi connectivity index (χ2n) is 6.08. The maximum absolute atomic E-state index is 10.4. The van der Waals surface area contributed by atoms with E-state index in [-0.39, 0.29) is 24.0 Å². The molecule has 0 fully saturated rings. The zero-order valence-corrected chi connectivity index (χ0v) is 18.2. The van der Waals surface area contributed by atoms with Crippen molar-refractivity contribution in [3.05, 3.63) is 24.2 Å². The Morgan fingerprint density at radius 1 is 1.38 bits per heavy atom. The first-order valence-electron chi connectivity index (χ1n) is 7.83. The Hall–Kier alpha value is -0.450. The molecule has 24 heavy (non-hydrogen) atoms. The highest BCUT2D eigenvalue weighted by Crippen LogP contribution is 2.05. The van der Waals surface area contributed by atoms with E-state index in [1.165, 1.54) is 0 Å². The van der Waals surface area contributed by atoms with Crippen molar-refractivity contribution < 1.29 is 9.52 Å². The van der Waals surface area contributed by atoms with Gasteiger partial charge in [-0.25, -0.2) is 0 Å². The van der Waals surface area contributed by atoms with Gasteiger partial charge in [0.15, 0.2) is 5.96 Å². The van der Waals surface area contributed by atoms with Gasteiger partial charge in [-0.1, -0.05) is 0 Å². The number of hydrogen-bond donors (Lipinski definition) is 3. The third-order valence-corrected chi connectivity index (χ3v) is 3.69. The zero-order valence-electron chi connectivity index (χ0n) is 15.0. The molecule has 0 spiro atoms. The first-order valence-corrected chi connectivity index (χ1v) is 9.23. The molecule has 0 radical (unpaired) electrons. The Bertz CT molecular complexity index is 453. The fourth-order valence-corrected chi connectivity index (χ4v) is 2.49. The van der Waals surface area contributed by atoms with E-state index in [0.717, 1.165) is 37.0 Å². The Kier molecular flexibility index (Phi) is 12.6. The maximum atomic E-state index is 10.4. The number of thioether (sulfide) groups is 1. The van der Waals surface area contributed by atoms with Crippen molar-refractivity contribution in [3.8, 4) is 0 Å². The highest BCUT2D eigenvalue weighted by molar-refractivity contribution is 14.0. The van der Waals surface area contributed by atoms with Gasteiger partial charge in [0, 0.05) is 31.8 Å². The lowest BCUT2D eigenvalue weighted by Gasteiger charge is -2.25. The molecule has 1 atom stereocenters. The lowest BCUT2D eigenvalue weighted by molar-refractivity contribution is 0.0423. The van der Waals surface area contributed by atoms with E-state index >= 15 is 0 Å². The summed E-state index contributed by atoms with van der Waals surface area (Å²) in [4.78, 5) is 6.48. The molecular weight excluding hydrogens is 439 g/mol. The van der Waals surface area contributed by atoms with E-state index in [9.17, 15) is 5.11 Å². The molecular formula is C16H31IN4O2S. The maximum Gasteiger partial charge on any atom is 0.191 e. The number of hydrogen-bond acceptors (Lipinski definition) is 5. The third-order valence-electron chi connectivity index (χ3n) is 3.08. The molecule has 0 aliphatic heterocycles. The van der Waals surface area contributed by atoms with Gasteiger partial charge in [-0.2, -0.15) is 11.8 Å². The second kappa shape index (κ2) is 12.8. The summed E-state index contributed by atoms with van der Waals surface area (Å²) in [5.74, 6) is 2.68. The van der Waals surface area contributed by atoms with Gasteiger partial charge in [0.2, 0.25) is 0 Å². The van der Waals surface area contributed by atoms with E-state index in [1.807, 2.05) is 31.1 Å². The van der Waals surface area contributed by atoms with Gasteiger partial charge in [-0.3, -0.25) is 4.99 Å². The molecule has 0 amide bonds. The quantitative estimate of drug-likeness (QED) is 0.209. The lowest BCUT2D eigenvalue weighted by atomic mass is 10.1. The van der Waals surface area contributed by atoms with Crippen LogP contribution in [0, 0.1) is 0 Å². The number of aliphatic imine (C=N–C) groups is 1. The molecule has 1 aromatic rings. The summed E-state index contributed by atoms with van der Waals surface area (Å²) in [7, 11) is 3.88. The lowest BCUT2D eigenvalue weighted by Crippen LogP contribution is -2.43. The van der Waals surface area contributed by atoms with Crippen LogP contribution in [0.5, 0.6) is 0 Å². The minimum atomic E-state index is -0.849. The van der Waals surface area contributed by atoms with Gasteiger partial charge in [0.25, 0.3) is 0 Å². The molecule has 0 aromatic carbocycles. The molecule has 0 aliphatic rings. The van der Waals surface area contributed by atoms with Gasteiger partial charge in [-0.15, -0.1) is 24.0 Å². The van der Waals surface area contributed by atoms with Crippen molar-refractivity contribution in [1.29, 1.82) is 0 Å². The smallest absolute Gasteiger partial charge is 0.191 e. The number of halogens is 1.